The van der Waals surface area contributed by atoms with E-state index in [2.05, 4.69) is 0 Å². The van der Waals surface area contributed by atoms with Crippen molar-refractivity contribution in [3.63, 3.8) is 0 Å². The number of aliphatic hydroxyl groups is 8. The first-order chi connectivity index (χ1) is 10.8. The first kappa shape index (κ1) is 18.9. The fourth-order valence-electron chi connectivity index (χ4n) is 2.57. The fraction of sp³-hybridized carbons (Fsp3) is 1.00. The Hall–Kier alpha value is -0.440. The molecular formula is C12H22O11. The molecule has 7 unspecified atom stereocenters. The van der Waals surface area contributed by atoms with E-state index in [1.807, 2.05) is 0 Å². The first-order valence-corrected chi connectivity index (χ1v) is 7.08. The molecule has 0 saturated carbocycles. The van der Waals surface area contributed by atoms with Crippen molar-refractivity contribution in [1.82, 2.24) is 0 Å². The van der Waals surface area contributed by atoms with Crippen LogP contribution in [0.25, 0.3) is 0 Å². The Morgan fingerprint density at radius 2 is 1.26 bits per heavy atom. The molecule has 0 aliphatic carbocycles. The van der Waals surface area contributed by atoms with Gasteiger partial charge in [0.05, 0.1) is 13.2 Å². The normalized spacial score (nSPS) is 51.7. The lowest BCUT2D eigenvalue weighted by Gasteiger charge is -2.45. The van der Waals surface area contributed by atoms with Crippen molar-refractivity contribution >= 4 is 0 Å². The van der Waals surface area contributed by atoms with Gasteiger partial charge in [-0.2, -0.15) is 0 Å². The molecule has 2 aliphatic heterocycles. The number of rotatable bonds is 4. The van der Waals surface area contributed by atoms with Gasteiger partial charge >= 0.3 is 0 Å². The smallest absolute Gasteiger partial charge is 0.187 e. The van der Waals surface area contributed by atoms with Crippen LogP contribution in [0.5, 0.6) is 0 Å². The molecule has 10 atom stereocenters. The van der Waals surface area contributed by atoms with Gasteiger partial charge in [-0.1, -0.05) is 0 Å². The van der Waals surface area contributed by atoms with Gasteiger partial charge in [-0.05, 0) is 0 Å². The second kappa shape index (κ2) is 7.63. The average molecular weight is 342 g/mol. The molecular weight excluding hydrogens is 320 g/mol. The van der Waals surface area contributed by atoms with E-state index in [1.54, 1.807) is 0 Å². The van der Waals surface area contributed by atoms with E-state index < -0.39 is 74.6 Å². The third-order valence-corrected chi connectivity index (χ3v) is 3.98. The Morgan fingerprint density at radius 1 is 0.652 bits per heavy atom. The highest BCUT2D eigenvalue weighted by molar-refractivity contribution is 4.93. The van der Waals surface area contributed by atoms with Gasteiger partial charge < -0.3 is 55.1 Å². The summed E-state index contributed by atoms with van der Waals surface area (Å²) in [6, 6.07) is 0. The van der Waals surface area contributed by atoms with Gasteiger partial charge in [0.15, 0.2) is 12.6 Å². The van der Waals surface area contributed by atoms with E-state index >= 15 is 0 Å². The van der Waals surface area contributed by atoms with Gasteiger partial charge in [-0.3, -0.25) is 0 Å². The minimum Gasteiger partial charge on any atom is -0.394 e. The predicted molar refractivity (Wildman–Crippen MR) is 68.6 cm³/mol. The molecule has 2 aliphatic rings. The molecule has 0 bridgehead atoms. The molecule has 23 heavy (non-hydrogen) atoms. The summed E-state index contributed by atoms with van der Waals surface area (Å²) in [6.45, 7) is -1.35. The predicted octanol–water partition coefficient (Wildman–Crippen LogP) is -5.40. The summed E-state index contributed by atoms with van der Waals surface area (Å²) in [5, 5.41) is 76.5. The van der Waals surface area contributed by atoms with Crippen molar-refractivity contribution in [2.45, 2.75) is 61.4 Å². The van der Waals surface area contributed by atoms with Crippen molar-refractivity contribution in [3.05, 3.63) is 0 Å². The van der Waals surface area contributed by atoms with Gasteiger partial charge in [-0.25, -0.2) is 0 Å². The van der Waals surface area contributed by atoms with E-state index in [9.17, 15) is 35.7 Å². The number of hydrogen-bond acceptors (Lipinski definition) is 11. The Kier molecular flexibility index (Phi) is 6.27. The van der Waals surface area contributed by atoms with E-state index in [-0.39, 0.29) is 0 Å². The lowest BCUT2D eigenvalue weighted by atomic mass is 9.97. The number of aliphatic hydroxyl groups excluding tert-OH is 8. The van der Waals surface area contributed by atoms with Crippen LogP contribution in [-0.2, 0) is 14.2 Å². The van der Waals surface area contributed by atoms with Gasteiger partial charge in [0, 0.05) is 0 Å². The monoisotopic (exact) mass is 342 g/mol. The summed E-state index contributed by atoms with van der Waals surface area (Å²) in [7, 11) is 0. The molecule has 11 heteroatoms. The molecule has 0 aromatic heterocycles. The third-order valence-electron chi connectivity index (χ3n) is 3.98. The van der Waals surface area contributed by atoms with E-state index in [0.717, 1.165) is 0 Å². The van der Waals surface area contributed by atoms with Crippen LogP contribution >= 0.6 is 0 Å². The molecule has 0 aromatic carbocycles. The maximum atomic E-state index is 9.94. The number of hydrogen-bond donors (Lipinski definition) is 8. The van der Waals surface area contributed by atoms with Crippen LogP contribution in [0.15, 0.2) is 0 Å². The molecule has 0 spiro atoms. The maximum absolute atomic E-state index is 9.94. The highest BCUT2D eigenvalue weighted by Gasteiger charge is 2.50. The Bertz CT molecular complexity index is 378. The highest BCUT2D eigenvalue weighted by Crippen LogP contribution is 2.28. The van der Waals surface area contributed by atoms with Gasteiger partial charge in [0.2, 0.25) is 0 Å². The largest absolute Gasteiger partial charge is 0.394 e. The average Bonchev–Trinajstić information content (AvgIpc) is 2.55. The van der Waals surface area contributed by atoms with Crippen LogP contribution in [0.4, 0.5) is 0 Å². The third kappa shape index (κ3) is 3.65. The lowest BCUT2D eigenvalue weighted by molar-refractivity contribution is -0.355. The van der Waals surface area contributed by atoms with E-state index in [0.29, 0.717) is 0 Å². The molecule has 2 heterocycles. The van der Waals surface area contributed by atoms with Gasteiger partial charge in [-0.15, -0.1) is 0 Å². The van der Waals surface area contributed by atoms with Crippen LogP contribution in [0.2, 0.25) is 0 Å². The van der Waals surface area contributed by atoms with Gasteiger partial charge in [0.1, 0.15) is 48.8 Å². The van der Waals surface area contributed by atoms with Crippen molar-refractivity contribution in [2.24, 2.45) is 0 Å². The highest BCUT2D eigenvalue weighted by atomic mass is 16.7. The maximum Gasteiger partial charge on any atom is 0.187 e. The molecule has 136 valence electrons. The second-order valence-corrected chi connectivity index (χ2v) is 5.53. The Balaban J connectivity index is 2.11. The molecule has 2 saturated heterocycles. The fourth-order valence-corrected chi connectivity index (χ4v) is 2.57. The van der Waals surface area contributed by atoms with Crippen LogP contribution < -0.4 is 0 Å². The summed E-state index contributed by atoms with van der Waals surface area (Å²) in [5.41, 5.74) is 0. The lowest BCUT2D eigenvalue weighted by Crippen LogP contribution is -2.64. The van der Waals surface area contributed by atoms with Crippen LogP contribution in [0.3, 0.4) is 0 Å². The summed E-state index contributed by atoms with van der Waals surface area (Å²) in [6.07, 6.45) is -15.6. The summed E-state index contributed by atoms with van der Waals surface area (Å²) in [4.78, 5) is 0. The SMILES string of the molecule is OCC1OC(OC2C(O)[C@@H](O)C(O)O[C@@H]2CO)C(O)C(O)[C@@H]1O. The van der Waals surface area contributed by atoms with Crippen molar-refractivity contribution in [1.29, 1.82) is 0 Å². The quantitative estimate of drug-likeness (QED) is 0.243. The zero-order valence-corrected chi connectivity index (χ0v) is 12.0. The first-order valence-electron chi connectivity index (χ1n) is 7.08. The van der Waals surface area contributed by atoms with Crippen LogP contribution in [0.1, 0.15) is 0 Å². The molecule has 8 N–H and O–H groups in total. The molecule has 11 nitrogen and oxygen atoms in total. The molecule has 0 aromatic rings. The number of ether oxygens (including phenoxy) is 3. The molecule has 2 fully saturated rings. The zero-order chi connectivity index (χ0) is 17.3. The summed E-state index contributed by atoms with van der Waals surface area (Å²) in [5.74, 6) is 0. The van der Waals surface area contributed by atoms with Crippen LogP contribution in [0, 0.1) is 0 Å². The van der Waals surface area contributed by atoms with Gasteiger partial charge in [0.25, 0.3) is 0 Å². The molecule has 0 amide bonds. The van der Waals surface area contributed by atoms with E-state index in [4.69, 9.17) is 19.3 Å². The zero-order valence-electron chi connectivity index (χ0n) is 12.0. The van der Waals surface area contributed by atoms with Crippen molar-refractivity contribution in [2.75, 3.05) is 13.2 Å². The van der Waals surface area contributed by atoms with Crippen LogP contribution in [-0.4, -0.2) is 115 Å². The second-order valence-electron chi connectivity index (χ2n) is 5.53. The minimum atomic E-state index is -1.74. The van der Waals surface area contributed by atoms with Crippen molar-refractivity contribution in [3.8, 4) is 0 Å². The molecule has 2 rings (SSSR count). The molecule has 0 radical (unpaired) electrons. The summed E-state index contributed by atoms with van der Waals surface area (Å²) >= 11 is 0. The van der Waals surface area contributed by atoms with Crippen molar-refractivity contribution < 1.29 is 55.1 Å². The minimum absolute atomic E-state index is 0.667. The Labute approximate surface area is 130 Å². The Morgan fingerprint density at radius 3 is 1.83 bits per heavy atom. The summed E-state index contributed by atoms with van der Waals surface area (Å²) < 4.78 is 15.3. The van der Waals surface area contributed by atoms with E-state index in [1.165, 1.54) is 0 Å². The topological polar surface area (TPSA) is 190 Å². The standard InChI is InChI=1S/C12H22O11/c13-1-3-5(15)6(16)9(19)12(22-3)23-10-4(2-14)21-11(20)8(18)7(10)17/h3-20H,1-2H2/t3?,4-,5-,6?,7?,8-,9?,10?,11?,12?/m1/s1.